The van der Waals surface area contributed by atoms with Crippen LogP contribution in [0.2, 0.25) is 0 Å². The molecule has 0 N–H and O–H groups in total. The molecule has 0 amide bonds. The van der Waals surface area contributed by atoms with E-state index in [1.54, 1.807) is 12.1 Å². The second kappa shape index (κ2) is 10.7. The topological polar surface area (TPSA) is 69.9 Å². The molecule has 6 heteroatoms. The Morgan fingerprint density at radius 3 is 1.88 bits per heavy atom. The van der Waals surface area contributed by atoms with Gasteiger partial charge in [0.1, 0.15) is 22.3 Å². The summed E-state index contributed by atoms with van der Waals surface area (Å²) in [6, 6.07) is 42.5. The Kier molecular flexibility index (Phi) is 5.08. The molecule has 238 valence electrons. The molecule has 0 aliphatic heterocycles. The normalized spacial score (nSPS) is 13.0. The van der Waals surface area contributed by atoms with Crippen molar-refractivity contribution in [1.82, 2.24) is 19.5 Å². The Labute approximate surface area is 296 Å². The van der Waals surface area contributed by atoms with E-state index in [-0.39, 0.29) is 24.2 Å². The number of aromatic nitrogens is 4. The lowest BCUT2D eigenvalue weighted by molar-refractivity contribution is 0.668. The number of para-hydroxylation sites is 3. The predicted octanol–water partition coefficient (Wildman–Crippen LogP) is 11.8. The van der Waals surface area contributed by atoms with Crippen molar-refractivity contribution in [3.8, 4) is 39.9 Å². The van der Waals surface area contributed by atoms with Crippen LogP contribution in [-0.4, -0.2) is 19.5 Å². The van der Waals surface area contributed by atoms with Crippen LogP contribution in [0.25, 0.3) is 106 Å². The van der Waals surface area contributed by atoms with Gasteiger partial charge in [-0.25, -0.2) is 15.0 Å². The number of fused-ring (bicyclic) bond motifs is 9. The van der Waals surface area contributed by atoms with Crippen LogP contribution in [0.3, 0.4) is 0 Å². The summed E-state index contributed by atoms with van der Waals surface area (Å²) in [5, 5.41) is 4.87. The van der Waals surface area contributed by atoms with Crippen LogP contribution in [0.4, 0.5) is 0 Å². The summed E-state index contributed by atoms with van der Waals surface area (Å²) < 4.78 is 49.3. The Bertz CT molecular complexity index is 3320. The summed E-state index contributed by atoms with van der Waals surface area (Å²) in [7, 11) is 0. The van der Waals surface area contributed by atoms with E-state index in [4.69, 9.17) is 29.3 Å². The Hall–Kier alpha value is -7.05. The molecule has 0 unspecified atom stereocenters. The molecule has 0 spiro atoms. The molecule has 51 heavy (non-hydrogen) atoms. The van der Waals surface area contributed by atoms with Crippen molar-refractivity contribution in [3.63, 3.8) is 0 Å². The lowest BCUT2D eigenvalue weighted by Crippen LogP contribution is -2.00. The van der Waals surface area contributed by atoms with Crippen molar-refractivity contribution in [3.05, 3.63) is 158 Å². The van der Waals surface area contributed by atoms with Crippen molar-refractivity contribution < 1.29 is 14.3 Å². The molecular weight excluding hydrogens is 629 g/mol. The lowest BCUT2D eigenvalue weighted by Gasteiger charge is -2.10. The van der Waals surface area contributed by atoms with Gasteiger partial charge in [0.2, 0.25) is 0 Å². The highest BCUT2D eigenvalue weighted by atomic mass is 16.3. The van der Waals surface area contributed by atoms with E-state index < -0.39 is 0 Å². The van der Waals surface area contributed by atoms with Crippen molar-refractivity contribution in [2.75, 3.05) is 0 Å². The molecule has 7 aromatic carbocycles. The fourth-order valence-corrected chi connectivity index (χ4v) is 7.33. The lowest BCUT2D eigenvalue weighted by atomic mass is 10.0. The molecule has 0 radical (unpaired) electrons. The highest BCUT2D eigenvalue weighted by molar-refractivity contribution is 6.15. The standard InChI is InChI=1S/C45H26N4O2/c1-2-12-27(13-3-1)43-46-44(48-45(47-43)33-17-10-22-38-41(33)31-16-6-9-21-37(31)50-38)28-24-25-32-40(26-28)51-39-23-11-20-36(42(32)39)49-34-18-7-4-14-29(34)30-15-5-8-19-35(30)49/h1-26H/i4D,5D,18D,19D. The number of hydrogen-bond acceptors (Lipinski definition) is 5. The number of nitrogens with zero attached hydrogens (tertiary/aromatic N) is 4. The molecule has 6 nitrogen and oxygen atoms in total. The first kappa shape index (κ1) is 24.1. The average molecular weight is 659 g/mol. The van der Waals surface area contributed by atoms with Crippen LogP contribution in [0, 0.1) is 0 Å². The molecular formula is C45H26N4O2. The van der Waals surface area contributed by atoms with Gasteiger partial charge in [-0.05, 0) is 48.5 Å². The number of hydrogen-bond donors (Lipinski definition) is 0. The molecule has 0 atom stereocenters. The quantitative estimate of drug-likeness (QED) is 0.188. The Morgan fingerprint density at radius 2 is 1.08 bits per heavy atom. The molecule has 0 aliphatic rings. The molecule has 0 aliphatic carbocycles. The van der Waals surface area contributed by atoms with Crippen LogP contribution < -0.4 is 0 Å². The third-order valence-electron chi connectivity index (χ3n) is 9.57. The SMILES string of the molecule is [2H]c1cc([2H])c2c(c1)c1cc([2H])cc([2H])c1n2-c1cccc2oc3cc(-c4nc(-c5ccccc5)nc(-c5cccc6oc7ccccc7c56)n4)ccc3c12. The molecule has 11 rings (SSSR count). The first-order valence-corrected chi connectivity index (χ1v) is 16.6. The van der Waals surface area contributed by atoms with Gasteiger partial charge in [0.15, 0.2) is 17.5 Å². The summed E-state index contributed by atoms with van der Waals surface area (Å²) in [5.41, 5.74) is 7.08. The monoisotopic (exact) mass is 658 g/mol. The van der Waals surface area contributed by atoms with Crippen LogP contribution >= 0.6 is 0 Å². The highest BCUT2D eigenvalue weighted by Gasteiger charge is 2.20. The van der Waals surface area contributed by atoms with Gasteiger partial charge in [-0.1, -0.05) is 109 Å². The summed E-state index contributed by atoms with van der Waals surface area (Å²) in [6.07, 6.45) is 0. The van der Waals surface area contributed by atoms with Gasteiger partial charge in [0.05, 0.1) is 27.6 Å². The van der Waals surface area contributed by atoms with Crippen LogP contribution in [-0.2, 0) is 0 Å². The van der Waals surface area contributed by atoms with E-state index in [1.165, 1.54) is 12.1 Å². The van der Waals surface area contributed by atoms with Crippen molar-refractivity contribution in [2.45, 2.75) is 0 Å². The first-order valence-electron chi connectivity index (χ1n) is 18.6. The zero-order valence-electron chi connectivity index (χ0n) is 30.8. The molecule has 0 bridgehead atoms. The van der Waals surface area contributed by atoms with Gasteiger partial charge in [0.25, 0.3) is 0 Å². The van der Waals surface area contributed by atoms with Crippen molar-refractivity contribution >= 4 is 65.7 Å². The average Bonchev–Trinajstić information content (AvgIpc) is 3.87. The molecule has 0 fully saturated rings. The van der Waals surface area contributed by atoms with Crippen molar-refractivity contribution in [1.29, 1.82) is 0 Å². The maximum absolute atomic E-state index is 8.95. The summed E-state index contributed by atoms with van der Waals surface area (Å²) in [4.78, 5) is 15.1. The number of benzene rings is 7. The largest absolute Gasteiger partial charge is 0.456 e. The minimum atomic E-state index is 0.163. The van der Waals surface area contributed by atoms with Gasteiger partial charge < -0.3 is 13.4 Å². The van der Waals surface area contributed by atoms with E-state index in [9.17, 15) is 0 Å². The molecule has 4 aromatic heterocycles. The summed E-state index contributed by atoms with van der Waals surface area (Å²) in [5.74, 6) is 1.53. The van der Waals surface area contributed by atoms with E-state index in [2.05, 4.69) is 0 Å². The summed E-state index contributed by atoms with van der Waals surface area (Å²) in [6.45, 7) is 0. The number of furan rings is 2. The van der Waals surface area contributed by atoms with E-state index in [1.807, 2.05) is 114 Å². The zero-order valence-corrected chi connectivity index (χ0v) is 26.8. The van der Waals surface area contributed by atoms with E-state index in [0.29, 0.717) is 50.4 Å². The summed E-state index contributed by atoms with van der Waals surface area (Å²) >= 11 is 0. The van der Waals surface area contributed by atoms with Gasteiger partial charge in [-0.3, -0.25) is 0 Å². The maximum Gasteiger partial charge on any atom is 0.164 e. The molecule has 0 saturated heterocycles. The van der Waals surface area contributed by atoms with Gasteiger partial charge in [0, 0.05) is 43.6 Å². The van der Waals surface area contributed by atoms with Crippen LogP contribution in [0.5, 0.6) is 0 Å². The Morgan fingerprint density at radius 1 is 0.451 bits per heavy atom. The van der Waals surface area contributed by atoms with Gasteiger partial charge in [-0.2, -0.15) is 0 Å². The minimum absolute atomic E-state index is 0.163. The first-order chi connectivity index (χ1) is 26.9. The molecule has 0 saturated carbocycles. The minimum Gasteiger partial charge on any atom is -0.456 e. The number of rotatable bonds is 4. The third-order valence-corrected chi connectivity index (χ3v) is 9.57. The molecule has 4 heterocycles. The van der Waals surface area contributed by atoms with Crippen molar-refractivity contribution in [2.24, 2.45) is 0 Å². The fourth-order valence-electron chi connectivity index (χ4n) is 7.33. The predicted molar refractivity (Wildman–Crippen MR) is 205 cm³/mol. The Balaban J connectivity index is 1.14. The van der Waals surface area contributed by atoms with Crippen LogP contribution in [0.15, 0.2) is 166 Å². The zero-order chi connectivity index (χ0) is 36.9. The highest BCUT2D eigenvalue weighted by Crippen LogP contribution is 2.40. The van der Waals surface area contributed by atoms with Crippen LogP contribution in [0.1, 0.15) is 5.48 Å². The van der Waals surface area contributed by atoms with Gasteiger partial charge >= 0.3 is 0 Å². The maximum atomic E-state index is 8.95. The second-order valence-electron chi connectivity index (χ2n) is 12.5. The molecule has 11 aromatic rings. The fraction of sp³-hybridized carbons (Fsp3) is 0. The van der Waals surface area contributed by atoms with E-state index in [0.717, 1.165) is 55.1 Å². The second-order valence-corrected chi connectivity index (χ2v) is 12.5. The van der Waals surface area contributed by atoms with E-state index >= 15 is 0 Å². The van der Waals surface area contributed by atoms with Gasteiger partial charge in [-0.15, -0.1) is 0 Å². The smallest absolute Gasteiger partial charge is 0.164 e. The third kappa shape index (κ3) is 4.20.